The molecule has 1 saturated heterocycles. The molecule has 30 heavy (non-hydrogen) atoms. The van der Waals surface area contributed by atoms with Crippen LogP contribution in [0.2, 0.25) is 0 Å². The molecule has 0 saturated carbocycles. The Labute approximate surface area is 171 Å². The first kappa shape index (κ1) is 19.5. The number of likely N-dealkylation sites (tertiary alicyclic amines) is 1. The number of carbonyl (C=O) groups is 2. The highest BCUT2D eigenvalue weighted by molar-refractivity contribution is 5.98. The molecule has 2 amide bonds. The molecule has 0 aliphatic carbocycles. The molecule has 4 rings (SSSR count). The van der Waals surface area contributed by atoms with E-state index in [0.29, 0.717) is 28.9 Å². The van der Waals surface area contributed by atoms with Crippen LogP contribution in [0.5, 0.6) is 6.01 Å². The van der Waals surface area contributed by atoms with Crippen LogP contribution in [0, 0.1) is 0 Å². The molecule has 0 radical (unpaired) electrons. The van der Waals surface area contributed by atoms with Crippen LogP contribution in [0.25, 0.3) is 22.4 Å². The van der Waals surface area contributed by atoms with Crippen LogP contribution in [0.15, 0.2) is 41.1 Å². The van der Waals surface area contributed by atoms with Crippen molar-refractivity contribution in [2.45, 2.75) is 12.0 Å². The predicted octanol–water partition coefficient (Wildman–Crippen LogP) is 0.956. The summed E-state index contributed by atoms with van der Waals surface area (Å²) in [5.41, 5.74) is 5.90. The SMILES string of the molecule is COc1ncc(-c2cccc(-c3cc([C@]4(O)CCN(C)C4=O)on3)c2)c(C(N)=O)n1. The maximum atomic E-state index is 12.3. The molecule has 1 aliphatic rings. The van der Waals surface area contributed by atoms with Gasteiger partial charge in [-0.3, -0.25) is 9.59 Å². The van der Waals surface area contributed by atoms with E-state index in [0.717, 1.165) is 0 Å². The van der Waals surface area contributed by atoms with Gasteiger partial charge in [-0.05, 0) is 11.6 Å². The van der Waals surface area contributed by atoms with Gasteiger partial charge in [-0.15, -0.1) is 0 Å². The van der Waals surface area contributed by atoms with Gasteiger partial charge < -0.3 is 25.0 Å². The van der Waals surface area contributed by atoms with Gasteiger partial charge in [-0.1, -0.05) is 23.4 Å². The number of aliphatic hydroxyl groups is 1. The van der Waals surface area contributed by atoms with Crippen LogP contribution in [0.4, 0.5) is 0 Å². The molecule has 3 heterocycles. The van der Waals surface area contributed by atoms with E-state index >= 15 is 0 Å². The third-order valence-electron chi connectivity index (χ3n) is 5.08. The van der Waals surface area contributed by atoms with Crippen molar-refractivity contribution in [3.63, 3.8) is 0 Å². The number of aromatic nitrogens is 3. The zero-order valence-electron chi connectivity index (χ0n) is 16.3. The van der Waals surface area contributed by atoms with Crippen molar-refractivity contribution in [1.29, 1.82) is 0 Å². The zero-order chi connectivity index (χ0) is 21.5. The number of carbonyl (C=O) groups excluding carboxylic acids is 2. The van der Waals surface area contributed by atoms with Gasteiger partial charge in [0.2, 0.25) is 5.60 Å². The van der Waals surface area contributed by atoms with Crippen molar-refractivity contribution < 1.29 is 24.0 Å². The van der Waals surface area contributed by atoms with E-state index in [1.165, 1.54) is 24.3 Å². The number of ether oxygens (including phenoxy) is 1. The van der Waals surface area contributed by atoms with E-state index in [-0.39, 0.29) is 23.9 Å². The molecule has 1 fully saturated rings. The fourth-order valence-corrected chi connectivity index (χ4v) is 3.40. The van der Waals surface area contributed by atoms with E-state index in [1.807, 2.05) is 0 Å². The molecule has 10 nitrogen and oxygen atoms in total. The summed E-state index contributed by atoms with van der Waals surface area (Å²) in [4.78, 5) is 33.7. The van der Waals surface area contributed by atoms with Gasteiger partial charge in [0, 0.05) is 43.4 Å². The summed E-state index contributed by atoms with van der Waals surface area (Å²) in [5.74, 6) is -1.06. The van der Waals surface area contributed by atoms with Gasteiger partial charge in [0.1, 0.15) is 11.4 Å². The molecule has 154 valence electrons. The minimum absolute atomic E-state index is 0.0220. The highest BCUT2D eigenvalue weighted by Crippen LogP contribution is 2.35. The van der Waals surface area contributed by atoms with E-state index in [2.05, 4.69) is 15.1 Å². The summed E-state index contributed by atoms with van der Waals surface area (Å²) in [6.07, 6.45) is 1.68. The normalized spacial score (nSPS) is 18.6. The predicted molar refractivity (Wildman–Crippen MR) is 104 cm³/mol. The number of rotatable bonds is 5. The maximum Gasteiger partial charge on any atom is 0.316 e. The summed E-state index contributed by atoms with van der Waals surface area (Å²) in [7, 11) is 3.01. The quantitative estimate of drug-likeness (QED) is 0.634. The first-order chi connectivity index (χ1) is 14.3. The summed E-state index contributed by atoms with van der Waals surface area (Å²) in [6, 6.07) is 8.64. The lowest BCUT2D eigenvalue weighted by Gasteiger charge is -2.16. The lowest BCUT2D eigenvalue weighted by Crippen LogP contribution is -2.35. The van der Waals surface area contributed by atoms with Crippen molar-refractivity contribution in [2.75, 3.05) is 20.7 Å². The Bertz CT molecular complexity index is 1140. The van der Waals surface area contributed by atoms with Gasteiger partial charge >= 0.3 is 6.01 Å². The summed E-state index contributed by atoms with van der Waals surface area (Å²) >= 11 is 0. The Morgan fingerprint density at radius 2 is 2.10 bits per heavy atom. The molecule has 3 aromatic rings. The second kappa shape index (κ2) is 7.23. The molecule has 3 N–H and O–H groups in total. The van der Waals surface area contributed by atoms with Crippen LogP contribution < -0.4 is 10.5 Å². The van der Waals surface area contributed by atoms with E-state index in [1.54, 1.807) is 31.3 Å². The van der Waals surface area contributed by atoms with Crippen molar-refractivity contribution in [3.8, 4) is 28.4 Å². The highest BCUT2D eigenvalue weighted by atomic mass is 16.5. The molecular formula is C20H19N5O5. The number of nitrogens with zero attached hydrogens (tertiary/aromatic N) is 4. The number of methoxy groups -OCH3 is 1. The smallest absolute Gasteiger partial charge is 0.316 e. The monoisotopic (exact) mass is 409 g/mol. The van der Waals surface area contributed by atoms with Crippen molar-refractivity contribution >= 4 is 11.8 Å². The number of hydrogen-bond donors (Lipinski definition) is 2. The van der Waals surface area contributed by atoms with Crippen LogP contribution in [0.3, 0.4) is 0 Å². The van der Waals surface area contributed by atoms with Gasteiger partial charge in [0.15, 0.2) is 5.76 Å². The summed E-state index contributed by atoms with van der Waals surface area (Å²) in [6.45, 7) is 0.425. The molecule has 1 aliphatic heterocycles. The van der Waals surface area contributed by atoms with Crippen LogP contribution in [0.1, 0.15) is 22.7 Å². The van der Waals surface area contributed by atoms with Gasteiger partial charge in [-0.2, -0.15) is 4.98 Å². The minimum Gasteiger partial charge on any atom is -0.467 e. The molecule has 2 aromatic heterocycles. The third kappa shape index (κ3) is 3.16. The number of primary amides is 1. The summed E-state index contributed by atoms with van der Waals surface area (Å²) < 4.78 is 10.3. The van der Waals surface area contributed by atoms with Gasteiger partial charge in [0.25, 0.3) is 11.8 Å². The summed E-state index contributed by atoms with van der Waals surface area (Å²) in [5, 5.41) is 14.7. The second-order valence-corrected chi connectivity index (χ2v) is 6.98. The third-order valence-corrected chi connectivity index (χ3v) is 5.08. The topological polar surface area (TPSA) is 145 Å². The Morgan fingerprint density at radius 1 is 1.33 bits per heavy atom. The molecule has 0 unspecified atom stereocenters. The van der Waals surface area contributed by atoms with Crippen molar-refractivity contribution in [1.82, 2.24) is 20.0 Å². The second-order valence-electron chi connectivity index (χ2n) is 6.98. The minimum atomic E-state index is -1.72. The average Bonchev–Trinajstić information content (AvgIpc) is 3.36. The lowest BCUT2D eigenvalue weighted by molar-refractivity contribution is -0.144. The molecule has 1 aromatic carbocycles. The van der Waals surface area contributed by atoms with E-state index < -0.39 is 17.4 Å². The fourth-order valence-electron chi connectivity index (χ4n) is 3.40. The van der Waals surface area contributed by atoms with Crippen LogP contribution in [-0.4, -0.2) is 57.6 Å². The Morgan fingerprint density at radius 3 is 2.77 bits per heavy atom. The number of nitrogens with two attached hydrogens (primary N) is 1. The maximum absolute atomic E-state index is 12.3. The number of hydrogen-bond acceptors (Lipinski definition) is 8. The molecule has 10 heteroatoms. The standard InChI is InChI=1S/C20H19N5O5/c1-25-7-6-20(28,18(25)27)15-9-14(24-30-15)12-5-3-4-11(8-12)13-10-22-19(29-2)23-16(13)17(21)26/h3-5,8-10,28H,6-7H2,1-2H3,(H2,21,26)/t20-/m1/s1. The molecule has 1 atom stereocenters. The Kier molecular flexibility index (Phi) is 4.70. The van der Waals surface area contributed by atoms with Crippen molar-refractivity contribution in [3.05, 3.63) is 48.0 Å². The van der Waals surface area contributed by atoms with Crippen LogP contribution in [-0.2, 0) is 10.4 Å². The Balaban J connectivity index is 1.72. The first-order valence-corrected chi connectivity index (χ1v) is 9.10. The number of amides is 2. The first-order valence-electron chi connectivity index (χ1n) is 9.10. The van der Waals surface area contributed by atoms with Crippen LogP contribution >= 0.6 is 0 Å². The molecule has 0 spiro atoms. The highest BCUT2D eigenvalue weighted by Gasteiger charge is 2.48. The zero-order valence-corrected chi connectivity index (χ0v) is 16.3. The van der Waals surface area contributed by atoms with E-state index in [9.17, 15) is 14.7 Å². The molecule has 0 bridgehead atoms. The van der Waals surface area contributed by atoms with Crippen molar-refractivity contribution in [2.24, 2.45) is 5.73 Å². The Hall–Kier alpha value is -3.79. The average molecular weight is 409 g/mol. The largest absolute Gasteiger partial charge is 0.467 e. The number of likely N-dealkylation sites (N-methyl/N-ethyl adjacent to an activating group) is 1. The van der Waals surface area contributed by atoms with E-state index in [4.69, 9.17) is 15.0 Å². The van der Waals surface area contributed by atoms with Gasteiger partial charge in [-0.25, -0.2) is 4.98 Å². The number of benzene rings is 1. The van der Waals surface area contributed by atoms with Gasteiger partial charge in [0.05, 0.1) is 7.11 Å². The molecular weight excluding hydrogens is 390 g/mol. The lowest BCUT2D eigenvalue weighted by atomic mass is 9.97. The fraction of sp³-hybridized carbons (Fsp3) is 0.250.